The molecule has 0 aliphatic carbocycles. The molecule has 0 bridgehead atoms. The van der Waals surface area contributed by atoms with Gasteiger partial charge in [0, 0.05) is 57.1 Å². The second kappa shape index (κ2) is 9.63. The van der Waals surface area contributed by atoms with Gasteiger partial charge in [0.2, 0.25) is 15.9 Å². The highest BCUT2D eigenvalue weighted by Gasteiger charge is 2.28. The number of halogens is 1. The molecule has 2 aromatic rings. The predicted octanol–water partition coefficient (Wildman–Crippen LogP) is 1.34. The summed E-state index contributed by atoms with van der Waals surface area (Å²) in [6.45, 7) is 5.34. The second-order valence-corrected chi connectivity index (χ2v) is 10.4. The SMILES string of the molecule is CCCS(=O)(=O)N1CCN(c2ccnc(O[C@@H]3CCN(c4cn[nH]c(=O)c4Cl)C3)c2)CC1. The Balaban J connectivity index is 1.36. The van der Waals surface area contributed by atoms with Crippen molar-refractivity contribution in [2.75, 3.05) is 54.8 Å². The van der Waals surface area contributed by atoms with Crippen LogP contribution in [0.25, 0.3) is 0 Å². The minimum absolute atomic E-state index is 0.0934. The lowest BCUT2D eigenvalue weighted by Crippen LogP contribution is -2.49. The summed E-state index contributed by atoms with van der Waals surface area (Å²) < 4.78 is 32.3. The minimum atomic E-state index is -3.17. The maximum atomic E-state index is 12.3. The van der Waals surface area contributed by atoms with Crippen molar-refractivity contribution in [2.24, 2.45) is 0 Å². The van der Waals surface area contributed by atoms with Gasteiger partial charge in [-0.25, -0.2) is 18.5 Å². The van der Waals surface area contributed by atoms with Crippen molar-refractivity contribution in [3.8, 4) is 5.88 Å². The van der Waals surface area contributed by atoms with Gasteiger partial charge in [-0.05, 0) is 12.5 Å². The van der Waals surface area contributed by atoms with Crippen molar-refractivity contribution in [3.63, 3.8) is 0 Å². The zero-order valence-electron chi connectivity index (χ0n) is 17.9. The fourth-order valence-corrected chi connectivity index (χ4v) is 5.78. The van der Waals surface area contributed by atoms with Gasteiger partial charge in [0.1, 0.15) is 11.1 Å². The van der Waals surface area contributed by atoms with E-state index in [1.807, 2.05) is 24.0 Å². The number of piperazine rings is 1. The molecule has 4 heterocycles. The fraction of sp³-hybridized carbons (Fsp3) is 0.550. The van der Waals surface area contributed by atoms with Crippen LogP contribution >= 0.6 is 11.6 Å². The van der Waals surface area contributed by atoms with E-state index in [9.17, 15) is 13.2 Å². The zero-order valence-corrected chi connectivity index (χ0v) is 19.5. The summed E-state index contributed by atoms with van der Waals surface area (Å²) in [5, 5.41) is 6.28. The smallest absolute Gasteiger partial charge is 0.285 e. The molecule has 0 unspecified atom stereocenters. The Hall–Kier alpha value is -2.37. The van der Waals surface area contributed by atoms with Crippen LogP contribution in [0.1, 0.15) is 19.8 Å². The number of ether oxygens (including phenoxy) is 1. The molecule has 10 nitrogen and oxygen atoms in total. The molecule has 2 saturated heterocycles. The predicted molar refractivity (Wildman–Crippen MR) is 123 cm³/mol. The van der Waals surface area contributed by atoms with Crippen LogP contribution < -0.4 is 20.1 Å². The monoisotopic (exact) mass is 482 g/mol. The maximum absolute atomic E-state index is 12.3. The Morgan fingerprint density at radius 3 is 2.75 bits per heavy atom. The summed E-state index contributed by atoms with van der Waals surface area (Å²) >= 11 is 6.12. The maximum Gasteiger partial charge on any atom is 0.285 e. The number of hydrogen-bond donors (Lipinski definition) is 1. The Bertz CT molecular complexity index is 1100. The molecule has 32 heavy (non-hydrogen) atoms. The van der Waals surface area contributed by atoms with Crippen LogP contribution in [-0.2, 0) is 10.0 Å². The normalized spacial score (nSPS) is 20.0. The Morgan fingerprint density at radius 1 is 1.22 bits per heavy atom. The quantitative estimate of drug-likeness (QED) is 0.629. The third kappa shape index (κ3) is 5.00. The number of pyridine rings is 1. The van der Waals surface area contributed by atoms with Crippen LogP contribution in [0.2, 0.25) is 5.02 Å². The average molecular weight is 483 g/mol. The van der Waals surface area contributed by atoms with E-state index >= 15 is 0 Å². The summed E-state index contributed by atoms with van der Waals surface area (Å²) in [7, 11) is -3.17. The van der Waals surface area contributed by atoms with Crippen molar-refractivity contribution >= 4 is 33.0 Å². The molecule has 0 radical (unpaired) electrons. The molecular weight excluding hydrogens is 456 g/mol. The molecule has 4 rings (SSSR count). The molecule has 174 valence electrons. The first-order chi connectivity index (χ1) is 15.4. The summed E-state index contributed by atoms with van der Waals surface area (Å²) in [6, 6.07) is 3.80. The van der Waals surface area contributed by atoms with Crippen LogP contribution in [0.15, 0.2) is 29.3 Å². The first-order valence-corrected chi connectivity index (χ1v) is 12.7. The van der Waals surface area contributed by atoms with E-state index in [1.165, 1.54) is 0 Å². The number of nitrogens with zero attached hydrogens (tertiary/aromatic N) is 5. The molecule has 2 aliphatic heterocycles. The van der Waals surface area contributed by atoms with E-state index in [0.29, 0.717) is 57.3 Å². The molecule has 1 atom stereocenters. The molecule has 0 amide bonds. The summed E-state index contributed by atoms with van der Waals surface area (Å²) in [4.78, 5) is 20.2. The van der Waals surface area contributed by atoms with Crippen LogP contribution in [-0.4, -0.2) is 79.0 Å². The number of aromatic amines is 1. The van der Waals surface area contributed by atoms with Crippen LogP contribution in [0.3, 0.4) is 0 Å². The first kappa shape index (κ1) is 22.8. The van der Waals surface area contributed by atoms with E-state index < -0.39 is 15.6 Å². The summed E-state index contributed by atoms with van der Waals surface area (Å²) in [5.41, 5.74) is 1.14. The van der Waals surface area contributed by atoms with Gasteiger partial charge < -0.3 is 14.5 Å². The molecule has 1 N–H and O–H groups in total. The van der Waals surface area contributed by atoms with Crippen molar-refractivity contribution in [2.45, 2.75) is 25.9 Å². The molecule has 12 heteroatoms. The zero-order chi connectivity index (χ0) is 22.7. The molecule has 0 spiro atoms. The topological polar surface area (TPSA) is 112 Å². The van der Waals surface area contributed by atoms with Gasteiger partial charge in [0.25, 0.3) is 5.56 Å². The first-order valence-electron chi connectivity index (χ1n) is 10.7. The van der Waals surface area contributed by atoms with Gasteiger partial charge in [-0.1, -0.05) is 18.5 Å². The third-order valence-electron chi connectivity index (χ3n) is 5.73. The molecule has 2 fully saturated rings. The van der Waals surface area contributed by atoms with E-state index in [-0.39, 0.29) is 16.9 Å². The number of sulfonamides is 1. The van der Waals surface area contributed by atoms with E-state index in [2.05, 4.69) is 20.1 Å². The second-order valence-electron chi connectivity index (χ2n) is 7.93. The third-order valence-corrected chi connectivity index (χ3v) is 8.17. The van der Waals surface area contributed by atoms with Gasteiger partial charge in [0.05, 0.1) is 24.2 Å². The Morgan fingerprint density at radius 2 is 2.00 bits per heavy atom. The Kier molecular flexibility index (Phi) is 6.87. The van der Waals surface area contributed by atoms with E-state index in [0.717, 1.165) is 12.1 Å². The van der Waals surface area contributed by atoms with Crippen molar-refractivity contribution in [3.05, 3.63) is 39.9 Å². The van der Waals surface area contributed by atoms with Crippen LogP contribution in [0.5, 0.6) is 5.88 Å². The molecule has 2 aromatic heterocycles. The number of rotatable bonds is 7. The van der Waals surface area contributed by atoms with E-state index in [4.69, 9.17) is 16.3 Å². The van der Waals surface area contributed by atoms with Crippen LogP contribution in [0.4, 0.5) is 11.4 Å². The largest absolute Gasteiger partial charge is 0.472 e. The standard InChI is InChI=1S/C20H27ClN6O4S/c1-2-11-32(29,30)27-9-7-25(8-10-27)15-3-5-22-18(12-15)31-16-4-6-26(14-16)17-13-23-24-20(28)19(17)21/h3,5,12-13,16H,2,4,6-11,14H2,1H3,(H,24,28)/t16-/m1/s1. The highest BCUT2D eigenvalue weighted by Crippen LogP contribution is 2.27. The number of H-pyrrole nitrogens is 1. The summed E-state index contributed by atoms with van der Waals surface area (Å²) in [6.07, 6.45) is 4.54. The van der Waals surface area contributed by atoms with Gasteiger partial charge in [-0.15, -0.1) is 0 Å². The van der Waals surface area contributed by atoms with Crippen molar-refractivity contribution in [1.29, 1.82) is 0 Å². The average Bonchev–Trinajstić information content (AvgIpc) is 3.24. The van der Waals surface area contributed by atoms with Gasteiger partial charge in [0.15, 0.2) is 0 Å². The number of nitrogens with one attached hydrogen (secondary N) is 1. The highest BCUT2D eigenvalue weighted by molar-refractivity contribution is 7.89. The molecule has 0 saturated carbocycles. The number of aromatic nitrogens is 3. The van der Waals surface area contributed by atoms with Crippen molar-refractivity contribution < 1.29 is 13.2 Å². The lowest BCUT2D eigenvalue weighted by atomic mass is 10.3. The van der Waals surface area contributed by atoms with Crippen LogP contribution in [0, 0.1) is 0 Å². The lowest BCUT2D eigenvalue weighted by molar-refractivity contribution is 0.216. The lowest BCUT2D eigenvalue weighted by Gasteiger charge is -2.35. The number of anilines is 2. The van der Waals surface area contributed by atoms with E-state index in [1.54, 1.807) is 16.7 Å². The minimum Gasteiger partial charge on any atom is -0.472 e. The summed E-state index contributed by atoms with van der Waals surface area (Å²) in [5.74, 6) is 0.711. The van der Waals surface area contributed by atoms with Crippen molar-refractivity contribution in [1.82, 2.24) is 19.5 Å². The molecular formula is C20H27ClN6O4S. The van der Waals surface area contributed by atoms with Gasteiger partial charge >= 0.3 is 0 Å². The molecule has 2 aliphatic rings. The Labute approximate surface area is 192 Å². The molecule has 0 aromatic carbocycles. The highest BCUT2D eigenvalue weighted by atomic mass is 35.5. The van der Waals surface area contributed by atoms with Gasteiger partial charge in [-0.2, -0.15) is 9.40 Å². The number of hydrogen-bond acceptors (Lipinski definition) is 8. The van der Waals surface area contributed by atoms with Gasteiger partial charge in [-0.3, -0.25) is 4.79 Å². The fourth-order valence-electron chi connectivity index (χ4n) is 4.08.